The predicted octanol–water partition coefficient (Wildman–Crippen LogP) is -0.519. The first-order valence-electron chi connectivity index (χ1n) is 3.94. The van der Waals surface area contributed by atoms with Crippen molar-refractivity contribution in [2.75, 3.05) is 6.54 Å². The number of hydrogen-bond donors (Lipinski definition) is 3. The number of carboxylic acids is 1. The zero-order valence-electron chi connectivity index (χ0n) is 7.32. The van der Waals surface area contributed by atoms with E-state index < -0.39 is 12.0 Å². The Labute approximate surface area is 76.6 Å². The minimum absolute atomic E-state index is 0.0946. The van der Waals surface area contributed by atoms with Crippen LogP contribution in [-0.2, 0) is 9.59 Å². The zero-order valence-corrected chi connectivity index (χ0v) is 7.32. The lowest BCUT2D eigenvalue weighted by molar-refractivity contribution is -0.137. The van der Waals surface area contributed by atoms with E-state index in [1.165, 1.54) is 6.08 Å². The molecule has 0 radical (unpaired) electrons. The van der Waals surface area contributed by atoms with Gasteiger partial charge in [-0.15, -0.1) is 6.58 Å². The Kier molecular flexibility index (Phi) is 5.54. The maximum absolute atomic E-state index is 11.0. The van der Waals surface area contributed by atoms with Gasteiger partial charge in [0.2, 0.25) is 5.91 Å². The van der Waals surface area contributed by atoms with Crippen molar-refractivity contribution in [2.24, 2.45) is 5.73 Å². The van der Waals surface area contributed by atoms with Crippen LogP contribution in [0.5, 0.6) is 0 Å². The second kappa shape index (κ2) is 6.19. The van der Waals surface area contributed by atoms with Crippen molar-refractivity contribution >= 4 is 11.9 Å². The van der Waals surface area contributed by atoms with Gasteiger partial charge in [0.15, 0.2) is 0 Å². The Balaban J connectivity index is 3.68. The Hall–Kier alpha value is -1.36. The highest BCUT2D eigenvalue weighted by Crippen LogP contribution is 1.94. The molecule has 0 spiro atoms. The van der Waals surface area contributed by atoms with Crippen LogP contribution in [0.25, 0.3) is 0 Å². The fraction of sp³-hybridized carbons (Fsp3) is 0.500. The summed E-state index contributed by atoms with van der Waals surface area (Å²) in [6, 6.07) is -0.754. The molecule has 5 heteroatoms. The fourth-order valence-electron chi connectivity index (χ4n) is 0.714. The van der Waals surface area contributed by atoms with Crippen LogP contribution in [0.4, 0.5) is 0 Å². The molecule has 1 amide bonds. The quantitative estimate of drug-likeness (QED) is 0.487. The Morgan fingerprint density at radius 2 is 2.23 bits per heavy atom. The Bertz CT molecular complexity index is 204. The number of carbonyl (C=O) groups is 2. The van der Waals surface area contributed by atoms with Gasteiger partial charge in [-0.05, 0) is 6.42 Å². The van der Waals surface area contributed by atoms with Gasteiger partial charge >= 0.3 is 5.97 Å². The lowest BCUT2D eigenvalue weighted by Crippen LogP contribution is -2.40. The molecule has 0 saturated carbocycles. The Morgan fingerprint density at radius 1 is 1.62 bits per heavy atom. The summed E-state index contributed by atoms with van der Waals surface area (Å²) in [7, 11) is 0. The molecule has 0 heterocycles. The standard InChI is InChI=1S/C8H14N2O3/c1-2-5-10-8(13)6(9)3-4-7(11)12/h2,6H,1,3-5,9H2,(H,10,13)(H,11,12). The predicted molar refractivity (Wildman–Crippen MR) is 48.1 cm³/mol. The average molecular weight is 186 g/mol. The van der Waals surface area contributed by atoms with E-state index in [4.69, 9.17) is 10.8 Å². The summed E-state index contributed by atoms with van der Waals surface area (Å²) >= 11 is 0. The molecule has 5 nitrogen and oxygen atoms in total. The molecule has 0 aromatic carbocycles. The van der Waals surface area contributed by atoms with E-state index >= 15 is 0 Å². The third-order valence-corrected chi connectivity index (χ3v) is 1.43. The number of carboxylic acid groups (broad SMARTS) is 1. The summed E-state index contributed by atoms with van der Waals surface area (Å²) in [5.41, 5.74) is 5.40. The lowest BCUT2D eigenvalue weighted by Gasteiger charge is -2.09. The van der Waals surface area contributed by atoms with Gasteiger partial charge in [0.05, 0.1) is 6.04 Å². The topological polar surface area (TPSA) is 92.4 Å². The Morgan fingerprint density at radius 3 is 2.69 bits per heavy atom. The van der Waals surface area contributed by atoms with E-state index in [-0.39, 0.29) is 18.7 Å². The van der Waals surface area contributed by atoms with E-state index in [0.29, 0.717) is 6.54 Å². The molecule has 0 aliphatic carbocycles. The van der Waals surface area contributed by atoms with Gasteiger partial charge in [0, 0.05) is 13.0 Å². The minimum Gasteiger partial charge on any atom is -0.481 e. The molecule has 1 unspecified atom stereocenters. The van der Waals surface area contributed by atoms with Crippen LogP contribution in [0.3, 0.4) is 0 Å². The number of carbonyl (C=O) groups excluding carboxylic acids is 1. The van der Waals surface area contributed by atoms with Gasteiger partial charge in [-0.25, -0.2) is 0 Å². The molecule has 4 N–H and O–H groups in total. The van der Waals surface area contributed by atoms with Crippen LogP contribution in [0.1, 0.15) is 12.8 Å². The van der Waals surface area contributed by atoms with Crippen molar-refractivity contribution in [3.63, 3.8) is 0 Å². The van der Waals surface area contributed by atoms with Crippen molar-refractivity contribution in [1.82, 2.24) is 5.32 Å². The van der Waals surface area contributed by atoms with Crippen LogP contribution in [0.15, 0.2) is 12.7 Å². The fourth-order valence-corrected chi connectivity index (χ4v) is 0.714. The van der Waals surface area contributed by atoms with Crippen LogP contribution >= 0.6 is 0 Å². The van der Waals surface area contributed by atoms with Gasteiger partial charge in [-0.2, -0.15) is 0 Å². The SMILES string of the molecule is C=CCNC(=O)C(N)CCC(=O)O. The van der Waals surface area contributed by atoms with Crippen molar-refractivity contribution in [2.45, 2.75) is 18.9 Å². The summed E-state index contributed by atoms with van der Waals surface area (Å²) in [6.45, 7) is 3.76. The summed E-state index contributed by atoms with van der Waals surface area (Å²) in [4.78, 5) is 21.2. The second-order valence-electron chi connectivity index (χ2n) is 2.57. The molecule has 0 fully saturated rings. The average Bonchev–Trinajstić information content (AvgIpc) is 2.10. The molecule has 1 atom stereocenters. The van der Waals surface area contributed by atoms with Gasteiger partial charge in [0.1, 0.15) is 0 Å². The van der Waals surface area contributed by atoms with Crippen LogP contribution in [0, 0.1) is 0 Å². The van der Waals surface area contributed by atoms with E-state index in [9.17, 15) is 9.59 Å². The van der Waals surface area contributed by atoms with Crippen LogP contribution in [0.2, 0.25) is 0 Å². The van der Waals surface area contributed by atoms with Gasteiger partial charge in [0.25, 0.3) is 0 Å². The van der Waals surface area contributed by atoms with E-state index in [0.717, 1.165) is 0 Å². The summed E-state index contributed by atoms with van der Waals surface area (Å²) in [5, 5.41) is 10.8. The number of nitrogens with one attached hydrogen (secondary N) is 1. The smallest absolute Gasteiger partial charge is 0.303 e. The summed E-state index contributed by atoms with van der Waals surface area (Å²) < 4.78 is 0. The van der Waals surface area contributed by atoms with Crippen molar-refractivity contribution < 1.29 is 14.7 Å². The molecule has 74 valence electrons. The molecular weight excluding hydrogens is 172 g/mol. The molecule has 13 heavy (non-hydrogen) atoms. The number of rotatable bonds is 6. The largest absolute Gasteiger partial charge is 0.481 e. The molecule has 0 bridgehead atoms. The van der Waals surface area contributed by atoms with E-state index in [2.05, 4.69) is 11.9 Å². The van der Waals surface area contributed by atoms with E-state index in [1.54, 1.807) is 0 Å². The highest BCUT2D eigenvalue weighted by atomic mass is 16.4. The monoisotopic (exact) mass is 186 g/mol. The molecule has 0 aromatic rings. The maximum Gasteiger partial charge on any atom is 0.303 e. The maximum atomic E-state index is 11.0. The van der Waals surface area contributed by atoms with Crippen LogP contribution < -0.4 is 11.1 Å². The summed E-state index contributed by atoms with van der Waals surface area (Å²) in [5.74, 6) is -1.30. The normalized spacial score (nSPS) is 11.8. The van der Waals surface area contributed by atoms with Crippen molar-refractivity contribution in [3.05, 3.63) is 12.7 Å². The second-order valence-corrected chi connectivity index (χ2v) is 2.57. The molecule has 0 rings (SSSR count). The van der Waals surface area contributed by atoms with Gasteiger partial charge in [-0.1, -0.05) is 6.08 Å². The minimum atomic E-state index is -0.952. The van der Waals surface area contributed by atoms with Crippen LogP contribution in [-0.4, -0.2) is 29.6 Å². The number of amides is 1. The first-order valence-corrected chi connectivity index (χ1v) is 3.94. The first-order chi connectivity index (χ1) is 6.07. The third-order valence-electron chi connectivity index (χ3n) is 1.43. The molecule has 0 saturated heterocycles. The highest BCUT2D eigenvalue weighted by molar-refractivity contribution is 5.82. The van der Waals surface area contributed by atoms with Gasteiger partial charge < -0.3 is 16.2 Å². The van der Waals surface area contributed by atoms with Crippen molar-refractivity contribution in [3.8, 4) is 0 Å². The molecule has 0 aromatic heterocycles. The first kappa shape index (κ1) is 11.6. The lowest BCUT2D eigenvalue weighted by atomic mass is 10.1. The number of hydrogen-bond acceptors (Lipinski definition) is 3. The third kappa shape index (κ3) is 5.86. The van der Waals surface area contributed by atoms with E-state index in [1.807, 2.05) is 0 Å². The molecular formula is C8H14N2O3. The number of nitrogens with two attached hydrogens (primary N) is 1. The molecule has 0 aliphatic heterocycles. The summed E-state index contributed by atoms with van der Waals surface area (Å²) in [6.07, 6.45) is 1.59. The van der Waals surface area contributed by atoms with Gasteiger partial charge in [-0.3, -0.25) is 9.59 Å². The molecule has 0 aliphatic rings. The highest BCUT2D eigenvalue weighted by Gasteiger charge is 2.13. The number of aliphatic carboxylic acids is 1. The zero-order chi connectivity index (χ0) is 10.3. The van der Waals surface area contributed by atoms with Crippen molar-refractivity contribution in [1.29, 1.82) is 0 Å².